The maximum Gasteiger partial charge on any atom is 0.416 e. The molecule has 0 saturated heterocycles. The first-order valence-corrected chi connectivity index (χ1v) is 6.97. The van der Waals surface area contributed by atoms with Crippen LogP contribution in [0.1, 0.15) is 33.8 Å². The van der Waals surface area contributed by atoms with Crippen molar-refractivity contribution in [2.75, 3.05) is 0 Å². The van der Waals surface area contributed by atoms with E-state index in [0.717, 1.165) is 30.7 Å². The number of carbonyl (C=O) groups excluding carboxylic acids is 1. The van der Waals surface area contributed by atoms with Crippen LogP contribution < -0.4 is 0 Å². The van der Waals surface area contributed by atoms with E-state index >= 15 is 0 Å². The van der Waals surface area contributed by atoms with Crippen molar-refractivity contribution in [1.82, 2.24) is 4.98 Å². The van der Waals surface area contributed by atoms with E-state index in [1.165, 1.54) is 23.5 Å². The third-order valence-electron chi connectivity index (χ3n) is 3.23. The molecule has 0 atom stereocenters. The molecule has 1 heterocycles. The van der Waals surface area contributed by atoms with Crippen molar-refractivity contribution in [3.8, 4) is 10.6 Å². The largest absolute Gasteiger partial charge is 0.416 e. The molecule has 0 N–H and O–H groups in total. The van der Waals surface area contributed by atoms with Crippen LogP contribution in [0.25, 0.3) is 10.6 Å². The zero-order valence-electron chi connectivity index (χ0n) is 10.3. The minimum atomic E-state index is -4.34. The molecule has 0 unspecified atom stereocenters. The van der Waals surface area contributed by atoms with Gasteiger partial charge in [0.1, 0.15) is 5.01 Å². The molecule has 0 bridgehead atoms. The summed E-state index contributed by atoms with van der Waals surface area (Å²) >= 11 is 1.27. The Morgan fingerprint density at radius 1 is 1.10 bits per heavy atom. The van der Waals surface area contributed by atoms with Gasteiger partial charge in [0.2, 0.25) is 0 Å². The first-order valence-electron chi connectivity index (χ1n) is 6.16. The van der Waals surface area contributed by atoms with Gasteiger partial charge in [-0.1, -0.05) is 12.1 Å². The molecule has 1 aromatic heterocycles. The molecule has 6 heteroatoms. The Morgan fingerprint density at radius 3 is 2.40 bits per heavy atom. The van der Waals surface area contributed by atoms with Gasteiger partial charge in [-0.15, -0.1) is 11.3 Å². The predicted octanol–water partition coefficient (Wildman–Crippen LogP) is 4.35. The van der Waals surface area contributed by atoms with Crippen molar-refractivity contribution in [2.45, 2.75) is 25.4 Å². The van der Waals surface area contributed by atoms with Crippen LogP contribution in [0.2, 0.25) is 0 Å². The zero-order valence-corrected chi connectivity index (χ0v) is 11.1. The van der Waals surface area contributed by atoms with E-state index in [9.17, 15) is 18.0 Å². The van der Waals surface area contributed by atoms with Crippen molar-refractivity contribution in [2.24, 2.45) is 0 Å². The number of hydrogen-bond acceptors (Lipinski definition) is 3. The number of thiazole rings is 1. The normalized spacial score (nSPS) is 15.2. The van der Waals surface area contributed by atoms with Gasteiger partial charge in [-0.25, -0.2) is 4.98 Å². The molecular weight excluding hydrogens is 287 g/mol. The van der Waals surface area contributed by atoms with E-state index in [0.29, 0.717) is 21.9 Å². The van der Waals surface area contributed by atoms with E-state index in [4.69, 9.17) is 0 Å². The van der Waals surface area contributed by atoms with E-state index in [1.807, 2.05) is 0 Å². The number of alkyl halides is 3. The molecule has 1 aromatic carbocycles. The molecule has 0 amide bonds. The maximum absolute atomic E-state index is 12.5. The van der Waals surface area contributed by atoms with E-state index in [2.05, 4.69) is 4.98 Å². The fraction of sp³-hybridized carbons (Fsp3) is 0.286. The summed E-state index contributed by atoms with van der Waals surface area (Å²) in [6.45, 7) is 0. The van der Waals surface area contributed by atoms with Crippen molar-refractivity contribution < 1.29 is 18.0 Å². The Morgan fingerprint density at radius 2 is 1.80 bits per heavy atom. The summed E-state index contributed by atoms with van der Waals surface area (Å²) < 4.78 is 37.5. The summed E-state index contributed by atoms with van der Waals surface area (Å²) in [4.78, 5) is 16.8. The van der Waals surface area contributed by atoms with Gasteiger partial charge < -0.3 is 0 Å². The smallest absolute Gasteiger partial charge is 0.293 e. The highest BCUT2D eigenvalue weighted by atomic mass is 32.1. The van der Waals surface area contributed by atoms with Gasteiger partial charge in [-0.2, -0.15) is 13.2 Å². The van der Waals surface area contributed by atoms with Crippen LogP contribution in [-0.2, 0) is 12.6 Å². The Balaban J connectivity index is 1.96. The molecule has 0 aliphatic heterocycles. The summed E-state index contributed by atoms with van der Waals surface area (Å²) in [6.07, 6.45) is -2.25. The Labute approximate surface area is 117 Å². The number of carbonyl (C=O) groups is 1. The fourth-order valence-electron chi connectivity index (χ4n) is 2.19. The molecule has 1 aliphatic carbocycles. The Bertz CT molecular complexity index is 658. The summed E-state index contributed by atoms with van der Waals surface area (Å²) in [7, 11) is 0. The van der Waals surface area contributed by atoms with Crippen LogP contribution in [0, 0.1) is 0 Å². The van der Waals surface area contributed by atoms with Crippen molar-refractivity contribution in [3.63, 3.8) is 0 Å². The van der Waals surface area contributed by atoms with Crippen molar-refractivity contribution in [1.29, 1.82) is 0 Å². The van der Waals surface area contributed by atoms with E-state index in [-0.39, 0.29) is 5.78 Å². The number of halogens is 3. The zero-order chi connectivity index (χ0) is 14.3. The fourth-order valence-corrected chi connectivity index (χ4v) is 3.28. The maximum atomic E-state index is 12.5. The monoisotopic (exact) mass is 297 g/mol. The molecule has 3 rings (SSSR count). The Hall–Kier alpha value is -1.69. The second-order valence-electron chi connectivity index (χ2n) is 4.65. The van der Waals surface area contributed by atoms with E-state index in [1.54, 1.807) is 0 Å². The minimum absolute atomic E-state index is 0.0851. The molecule has 2 nitrogen and oxygen atoms in total. The van der Waals surface area contributed by atoms with Gasteiger partial charge in [0, 0.05) is 12.0 Å². The van der Waals surface area contributed by atoms with Gasteiger partial charge in [0.25, 0.3) is 0 Å². The highest BCUT2D eigenvalue weighted by molar-refractivity contribution is 7.17. The quantitative estimate of drug-likeness (QED) is 0.783. The lowest BCUT2D eigenvalue weighted by Gasteiger charge is -2.06. The molecular formula is C14H10F3NOS. The van der Waals surface area contributed by atoms with Gasteiger partial charge in [0.05, 0.1) is 16.1 Å². The summed E-state index contributed by atoms with van der Waals surface area (Å²) in [6, 6.07) is 4.88. The minimum Gasteiger partial charge on any atom is -0.293 e. The lowest BCUT2D eigenvalue weighted by Crippen LogP contribution is -2.07. The number of ketones is 1. The number of fused-ring (bicyclic) bond motifs is 1. The number of benzene rings is 1. The van der Waals surface area contributed by atoms with Gasteiger partial charge in [-0.05, 0) is 25.0 Å². The number of hydrogen-bond donors (Lipinski definition) is 0. The SMILES string of the molecule is O=C1CCCc2nc(-c3ccc(C(F)(F)F)cc3)sc21. The molecule has 2 aromatic rings. The third-order valence-corrected chi connectivity index (χ3v) is 4.41. The first-order chi connectivity index (χ1) is 9.45. The van der Waals surface area contributed by atoms with Crippen LogP contribution in [0.3, 0.4) is 0 Å². The van der Waals surface area contributed by atoms with Crippen molar-refractivity contribution >= 4 is 17.1 Å². The molecule has 1 aliphatic rings. The second-order valence-corrected chi connectivity index (χ2v) is 5.65. The van der Waals surface area contributed by atoms with Crippen LogP contribution in [0.4, 0.5) is 13.2 Å². The first kappa shape index (κ1) is 13.3. The molecule has 20 heavy (non-hydrogen) atoms. The highest BCUT2D eigenvalue weighted by Crippen LogP contribution is 2.34. The number of nitrogens with zero attached hydrogens (tertiary/aromatic N) is 1. The average Bonchev–Trinajstić information content (AvgIpc) is 2.83. The highest BCUT2D eigenvalue weighted by Gasteiger charge is 2.30. The Kier molecular flexibility index (Phi) is 3.12. The molecule has 0 saturated carbocycles. The summed E-state index contributed by atoms with van der Waals surface area (Å²) in [5.41, 5.74) is 0.713. The van der Waals surface area contributed by atoms with Gasteiger partial charge >= 0.3 is 6.18 Å². The molecule has 0 fully saturated rings. The molecule has 0 spiro atoms. The number of aryl methyl sites for hydroxylation is 1. The topological polar surface area (TPSA) is 30.0 Å². The van der Waals surface area contributed by atoms with E-state index < -0.39 is 11.7 Å². The van der Waals surface area contributed by atoms with Crippen molar-refractivity contribution in [3.05, 3.63) is 40.4 Å². The van der Waals surface area contributed by atoms with Crippen LogP contribution in [0.5, 0.6) is 0 Å². The molecule has 104 valence electrons. The standard InChI is InChI=1S/C14H10F3NOS/c15-14(16,17)9-6-4-8(5-7-9)13-18-10-2-1-3-11(19)12(10)20-13/h4-7H,1-3H2. The van der Waals surface area contributed by atoms with Gasteiger partial charge in [-0.3, -0.25) is 4.79 Å². The predicted molar refractivity (Wildman–Crippen MR) is 69.8 cm³/mol. The summed E-state index contributed by atoms with van der Waals surface area (Å²) in [5.74, 6) is 0.0851. The summed E-state index contributed by atoms with van der Waals surface area (Å²) in [5, 5.41) is 0.610. The second kappa shape index (κ2) is 4.70. The lowest BCUT2D eigenvalue weighted by molar-refractivity contribution is -0.137. The number of Topliss-reactive ketones (excluding diaryl/α,β-unsaturated/α-hetero) is 1. The average molecular weight is 297 g/mol. The number of rotatable bonds is 1. The van der Waals surface area contributed by atoms with Crippen LogP contribution in [0.15, 0.2) is 24.3 Å². The lowest BCUT2D eigenvalue weighted by atomic mass is 10.0. The van der Waals surface area contributed by atoms with Crippen LogP contribution >= 0.6 is 11.3 Å². The van der Waals surface area contributed by atoms with Gasteiger partial charge in [0.15, 0.2) is 5.78 Å². The number of aromatic nitrogens is 1. The molecule has 0 radical (unpaired) electrons. The third kappa shape index (κ3) is 2.35. The van der Waals surface area contributed by atoms with Crippen LogP contribution in [-0.4, -0.2) is 10.8 Å².